The van der Waals surface area contributed by atoms with Crippen molar-refractivity contribution in [2.45, 2.75) is 18.3 Å². The van der Waals surface area contributed by atoms with Crippen molar-refractivity contribution < 1.29 is 9.53 Å². The van der Waals surface area contributed by atoms with E-state index < -0.39 is 0 Å². The molecule has 0 radical (unpaired) electrons. The number of ether oxygens (including phenoxy) is 1. The molecule has 2 aromatic carbocycles. The van der Waals surface area contributed by atoms with Gasteiger partial charge in [0.05, 0.1) is 21.5 Å². The molecule has 0 aliphatic carbocycles. The van der Waals surface area contributed by atoms with Crippen molar-refractivity contribution in [1.82, 2.24) is 14.8 Å². The van der Waals surface area contributed by atoms with Gasteiger partial charge in [-0.05, 0) is 36.4 Å². The van der Waals surface area contributed by atoms with E-state index in [4.69, 9.17) is 51.1 Å². The number of aromatic nitrogens is 3. The molecule has 0 aliphatic heterocycles. The molecule has 0 spiro atoms. The predicted molar refractivity (Wildman–Crippen MR) is 127 cm³/mol. The molecule has 0 saturated carbocycles. The Bertz CT molecular complexity index is 1110. The normalized spacial score (nSPS) is 10.7. The zero-order valence-electron chi connectivity index (χ0n) is 15.9. The lowest BCUT2D eigenvalue weighted by Crippen LogP contribution is -2.15. The number of hydrogen-bond acceptors (Lipinski definition) is 5. The lowest BCUT2D eigenvalue weighted by Gasteiger charge is -2.10. The van der Waals surface area contributed by atoms with Crippen LogP contribution in [-0.2, 0) is 17.9 Å². The van der Waals surface area contributed by atoms with Gasteiger partial charge >= 0.3 is 0 Å². The highest BCUT2D eigenvalue weighted by molar-refractivity contribution is 7.99. The lowest BCUT2D eigenvalue weighted by atomic mass is 10.3. The average molecular weight is 518 g/mol. The molecule has 1 heterocycles. The Hall–Kier alpha value is -1.90. The molecule has 6 nitrogen and oxygen atoms in total. The second kappa shape index (κ2) is 11.1. The van der Waals surface area contributed by atoms with Gasteiger partial charge in [0.15, 0.2) is 11.0 Å². The Balaban J connectivity index is 1.64. The van der Waals surface area contributed by atoms with Crippen LogP contribution in [0, 0.1) is 0 Å². The Morgan fingerprint density at radius 1 is 1.10 bits per heavy atom. The Kier molecular flexibility index (Phi) is 8.51. The van der Waals surface area contributed by atoms with Crippen LogP contribution in [0.3, 0.4) is 0 Å². The number of rotatable bonds is 9. The summed E-state index contributed by atoms with van der Waals surface area (Å²) in [4.78, 5) is 12.3. The Morgan fingerprint density at radius 3 is 2.58 bits per heavy atom. The highest BCUT2D eigenvalue weighted by atomic mass is 35.5. The number of nitrogens with one attached hydrogen (secondary N) is 1. The first-order valence-electron chi connectivity index (χ1n) is 8.86. The van der Waals surface area contributed by atoms with Crippen LogP contribution >= 0.6 is 58.2 Å². The first-order chi connectivity index (χ1) is 14.9. The zero-order chi connectivity index (χ0) is 22.4. The molecule has 0 unspecified atom stereocenters. The second-order valence-electron chi connectivity index (χ2n) is 6.12. The number of carbonyl (C=O) groups is 1. The minimum absolute atomic E-state index is 0.0992. The van der Waals surface area contributed by atoms with Gasteiger partial charge in [-0.25, -0.2) is 0 Å². The van der Waals surface area contributed by atoms with E-state index in [1.807, 2.05) is 0 Å². The fourth-order valence-corrected chi connectivity index (χ4v) is 4.06. The van der Waals surface area contributed by atoms with Crippen LogP contribution in [-0.4, -0.2) is 26.4 Å². The molecule has 31 heavy (non-hydrogen) atoms. The van der Waals surface area contributed by atoms with Crippen LogP contribution < -0.4 is 10.1 Å². The van der Waals surface area contributed by atoms with E-state index in [9.17, 15) is 4.79 Å². The van der Waals surface area contributed by atoms with E-state index in [1.165, 1.54) is 11.8 Å². The lowest BCUT2D eigenvalue weighted by molar-refractivity contribution is -0.113. The third kappa shape index (κ3) is 6.54. The van der Waals surface area contributed by atoms with E-state index >= 15 is 0 Å². The molecule has 1 aromatic heterocycles. The maximum atomic E-state index is 12.3. The minimum Gasteiger partial charge on any atom is -0.484 e. The van der Waals surface area contributed by atoms with Crippen molar-refractivity contribution >= 4 is 69.8 Å². The van der Waals surface area contributed by atoms with Gasteiger partial charge < -0.3 is 10.1 Å². The predicted octanol–water partition coefficient (Wildman–Crippen LogP) is 6.39. The summed E-state index contributed by atoms with van der Waals surface area (Å²) in [7, 11) is 0. The van der Waals surface area contributed by atoms with Gasteiger partial charge in [-0.1, -0.05) is 64.2 Å². The zero-order valence-corrected chi connectivity index (χ0v) is 19.8. The number of benzene rings is 2. The number of nitrogens with zero attached hydrogens (tertiary/aromatic N) is 3. The first kappa shape index (κ1) is 23.8. The summed E-state index contributed by atoms with van der Waals surface area (Å²) in [5, 5.41) is 13.4. The molecular formula is C20H16Cl4N4O2S. The van der Waals surface area contributed by atoms with Gasteiger partial charge in [0.2, 0.25) is 5.91 Å². The largest absolute Gasteiger partial charge is 0.484 e. The van der Waals surface area contributed by atoms with Gasteiger partial charge in [-0.2, -0.15) is 0 Å². The number of amides is 1. The molecule has 3 aromatic rings. The third-order valence-electron chi connectivity index (χ3n) is 3.89. The monoisotopic (exact) mass is 516 g/mol. The van der Waals surface area contributed by atoms with E-state index in [1.54, 1.807) is 47.0 Å². The van der Waals surface area contributed by atoms with Crippen LogP contribution in [0.2, 0.25) is 20.1 Å². The quantitative estimate of drug-likeness (QED) is 0.263. The summed E-state index contributed by atoms with van der Waals surface area (Å²) < 4.78 is 7.55. The van der Waals surface area contributed by atoms with E-state index in [-0.39, 0.29) is 18.3 Å². The number of hydrogen-bond donors (Lipinski definition) is 1. The standard InChI is InChI=1S/C20H16Cl4N4O2S/c1-2-7-28-18(10-30-17-6-4-12(21)8-15(17)24)26-27-20(28)31-11-19(29)25-16-9-13(22)3-5-14(16)23/h2-6,8-9H,1,7,10-11H2,(H,25,29). The van der Waals surface area contributed by atoms with Crippen molar-refractivity contribution in [2.75, 3.05) is 11.1 Å². The van der Waals surface area contributed by atoms with Crippen molar-refractivity contribution in [3.05, 3.63) is 75.0 Å². The fraction of sp³-hybridized carbons (Fsp3) is 0.150. The SMILES string of the molecule is C=CCn1c(COc2ccc(Cl)cc2Cl)nnc1SCC(=O)Nc1cc(Cl)ccc1Cl. The molecule has 0 bridgehead atoms. The summed E-state index contributed by atoms with van der Waals surface area (Å²) in [6, 6.07) is 9.81. The van der Waals surface area contributed by atoms with Gasteiger partial charge in [-0.3, -0.25) is 9.36 Å². The molecule has 3 rings (SSSR count). The number of anilines is 1. The van der Waals surface area contributed by atoms with Crippen LogP contribution in [0.25, 0.3) is 0 Å². The van der Waals surface area contributed by atoms with Crippen molar-refractivity contribution in [3.63, 3.8) is 0 Å². The highest BCUT2D eigenvalue weighted by Crippen LogP contribution is 2.29. The van der Waals surface area contributed by atoms with Gasteiger partial charge in [0.1, 0.15) is 12.4 Å². The third-order valence-corrected chi connectivity index (χ3v) is 5.95. The number of halogens is 4. The average Bonchev–Trinajstić information content (AvgIpc) is 3.10. The topological polar surface area (TPSA) is 69.0 Å². The number of thioether (sulfide) groups is 1. The molecule has 11 heteroatoms. The fourth-order valence-electron chi connectivity index (χ4n) is 2.49. The van der Waals surface area contributed by atoms with Crippen LogP contribution in [0.15, 0.2) is 54.2 Å². The summed E-state index contributed by atoms with van der Waals surface area (Å²) >= 11 is 25.3. The van der Waals surface area contributed by atoms with Crippen LogP contribution in [0.1, 0.15) is 5.82 Å². The molecule has 0 aliphatic rings. The van der Waals surface area contributed by atoms with Gasteiger partial charge in [0, 0.05) is 16.6 Å². The van der Waals surface area contributed by atoms with E-state index in [2.05, 4.69) is 22.1 Å². The highest BCUT2D eigenvalue weighted by Gasteiger charge is 2.15. The maximum absolute atomic E-state index is 12.3. The van der Waals surface area contributed by atoms with Gasteiger partial charge in [-0.15, -0.1) is 16.8 Å². The molecule has 1 amide bonds. The summed E-state index contributed by atoms with van der Waals surface area (Å²) in [5.41, 5.74) is 0.446. The molecular weight excluding hydrogens is 502 g/mol. The van der Waals surface area contributed by atoms with Crippen LogP contribution in [0.5, 0.6) is 5.75 Å². The first-order valence-corrected chi connectivity index (χ1v) is 11.4. The minimum atomic E-state index is -0.256. The van der Waals surface area contributed by atoms with Gasteiger partial charge in [0.25, 0.3) is 0 Å². The summed E-state index contributed by atoms with van der Waals surface area (Å²) in [5.74, 6) is 0.883. The second-order valence-corrected chi connectivity index (χ2v) is 8.75. The molecule has 0 fully saturated rings. The van der Waals surface area contributed by atoms with Crippen molar-refractivity contribution in [3.8, 4) is 5.75 Å². The Labute approximate surface area is 203 Å². The summed E-state index contributed by atoms with van der Waals surface area (Å²) in [6.07, 6.45) is 1.71. The Morgan fingerprint density at radius 2 is 1.84 bits per heavy atom. The van der Waals surface area contributed by atoms with E-state index in [0.717, 1.165) is 0 Å². The van der Waals surface area contributed by atoms with E-state index in [0.29, 0.717) is 49.1 Å². The number of carbonyl (C=O) groups excluding carboxylic acids is 1. The summed E-state index contributed by atoms with van der Waals surface area (Å²) in [6.45, 7) is 4.34. The molecule has 162 valence electrons. The van der Waals surface area contributed by atoms with Crippen molar-refractivity contribution in [1.29, 1.82) is 0 Å². The molecule has 0 atom stereocenters. The molecule has 0 saturated heterocycles. The van der Waals surface area contributed by atoms with Crippen LogP contribution in [0.4, 0.5) is 5.69 Å². The maximum Gasteiger partial charge on any atom is 0.234 e. The van der Waals surface area contributed by atoms with Crippen molar-refractivity contribution in [2.24, 2.45) is 0 Å². The number of allylic oxidation sites excluding steroid dienone is 1. The molecule has 1 N–H and O–H groups in total. The smallest absolute Gasteiger partial charge is 0.234 e.